The highest BCUT2D eigenvalue weighted by Crippen LogP contribution is 2.36. The van der Waals surface area contributed by atoms with Crippen LogP contribution in [-0.4, -0.2) is 40.9 Å². The van der Waals surface area contributed by atoms with Crippen LogP contribution in [0.1, 0.15) is 32.3 Å². The van der Waals surface area contributed by atoms with E-state index in [1.165, 1.54) is 18.9 Å². The summed E-state index contributed by atoms with van der Waals surface area (Å²) in [5, 5.41) is 5.18. The van der Waals surface area contributed by atoms with E-state index in [2.05, 4.69) is 10.1 Å². The van der Waals surface area contributed by atoms with Crippen molar-refractivity contribution >= 4 is 23.5 Å². The van der Waals surface area contributed by atoms with Gasteiger partial charge in [0.05, 0.1) is 30.5 Å². The number of oxazole rings is 1. The van der Waals surface area contributed by atoms with Crippen molar-refractivity contribution in [1.29, 1.82) is 0 Å². The Morgan fingerprint density at radius 1 is 0.875 bits per heavy atom. The molecular weight excluding hydrogens is 534 g/mol. The molecule has 5 rings (SSSR count). The van der Waals surface area contributed by atoms with Crippen molar-refractivity contribution in [3.05, 3.63) is 107 Å². The first-order valence-electron chi connectivity index (χ1n) is 12.2. The number of carbonyl (C=O) groups is 2. The molecule has 2 aromatic heterocycles. The molecule has 2 heterocycles. The molecule has 0 unspecified atom stereocenters. The molecule has 0 spiro atoms. The van der Waals surface area contributed by atoms with Crippen molar-refractivity contribution in [1.82, 2.24) is 14.8 Å². The Morgan fingerprint density at radius 3 is 2.23 bits per heavy atom. The van der Waals surface area contributed by atoms with Gasteiger partial charge in [-0.25, -0.2) is 19.3 Å². The van der Waals surface area contributed by atoms with Crippen molar-refractivity contribution in [3.8, 4) is 34.1 Å². The fourth-order valence-electron chi connectivity index (χ4n) is 4.19. The van der Waals surface area contributed by atoms with E-state index in [0.717, 1.165) is 0 Å². The molecule has 40 heavy (non-hydrogen) atoms. The highest BCUT2D eigenvalue weighted by atomic mass is 35.5. The van der Waals surface area contributed by atoms with E-state index >= 15 is 0 Å². The number of halogens is 1. The minimum Gasteiger partial charge on any atom is -0.486 e. The first kappa shape index (κ1) is 26.7. The lowest BCUT2D eigenvalue weighted by Crippen LogP contribution is -2.15. The maximum atomic E-state index is 13.0. The van der Waals surface area contributed by atoms with Gasteiger partial charge in [0.15, 0.2) is 5.69 Å². The van der Waals surface area contributed by atoms with E-state index in [0.29, 0.717) is 44.9 Å². The maximum absolute atomic E-state index is 13.0. The molecule has 3 aromatic carbocycles. The number of hydrogen-bond acceptors (Lipinski definition) is 8. The number of esters is 2. The van der Waals surface area contributed by atoms with Crippen LogP contribution in [-0.2, 0) is 16.1 Å². The Balaban J connectivity index is 1.57. The molecule has 0 saturated heterocycles. The van der Waals surface area contributed by atoms with Gasteiger partial charge in [0.1, 0.15) is 35.1 Å². The molecule has 0 bridgehead atoms. The highest BCUT2D eigenvalue weighted by Gasteiger charge is 2.32. The molecule has 202 valence electrons. The van der Waals surface area contributed by atoms with Crippen LogP contribution >= 0.6 is 11.6 Å². The second-order valence-corrected chi connectivity index (χ2v) is 9.00. The van der Waals surface area contributed by atoms with Crippen molar-refractivity contribution < 1.29 is 28.2 Å². The molecule has 10 heteroatoms. The van der Waals surface area contributed by atoms with Gasteiger partial charge >= 0.3 is 11.9 Å². The van der Waals surface area contributed by atoms with Crippen LogP contribution in [0.15, 0.2) is 83.3 Å². The zero-order valence-corrected chi connectivity index (χ0v) is 22.6. The second kappa shape index (κ2) is 11.5. The normalized spacial score (nSPS) is 10.8. The van der Waals surface area contributed by atoms with Crippen molar-refractivity contribution in [2.45, 2.75) is 13.5 Å². The summed E-state index contributed by atoms with van der Waals surface area (Å²) in [4.78, 5) is 30.5. The molecule has 0 radical (unpaired) electrons. The van der Waals surface area contributed by atoms with Gasteiger partial charge in [0.25, 0.3) is 0 Å². The summed E-state index contributed by atoms with van der Waals surface area (Å²) < 4.78 is 23.5. The SMILES string of the molecule is COC(=O)c1c(-c2ccccc2OCc2nc(-c3ccccc3Cl)oc2C)nn(-c2ccccc2)c1C(=O)OC. The number of para-hydroxylation sites is 2. The van der Waals surface area contributed by atoms with Crippen LogP contribution in [0.3, 0.4) is 0 Å². The van der Waals surface area contributed by atoms with E-state index in [1.54, 1.807) is 61.5 Å². The van der Waals surface area contributed by atoms with Gasteiger partial charge in [0.2, 0.25) is 5.89 Å². The number of aromatic nitrogens is 3. The number of benzene rings is 3. The maximum Gasteiger partial charge on any atom is 0.357 e. The highest BCUT2D eigenvalue weighted by molar-refractivity contribution is 6.33. The molecule has 0 N–H and O–H groups in total. The third-order valence-corrected chi connectivity index (χ3v) is 6.49. The average Bonchev–Trinajstić information content (AvgIpc) is 3.57. The Kier molecular flexibility index (Phi) is 7.65. The summed E-state index contributed by atoms with van der Waals surface area (Å²) in [6, 6.07) is 23.3. The van der Waals surface area contributed by atoms with Gasteiger partial charge in [0, 0.05) is 5.56 Å². The summed E-state index contributed by atoms with van der Waals surface area (Å²) in [7, 11) is 2.47. The number of aryl methyl sites for hydroxylation is 1. The van der Waals surface area contributed by atoms with E-state index < -0.39 is 11.9 Å². The van der Waals surface area contributed by atoms with E-state index in [1.807, 2.05) is 24.3 Å². The van der Waals surface area contributed by atoms with Gasteiger partial charge in [-0.3, -0.25) is 0 Å². The van der Waals surface area contributed by atoms with Gasteiger partial charge in [-0.2, -0.15) is 5.10 Å². The summed E-state index contributed by atoms with van der Waals surface area (Å²) in [5.41, 5.74) is 2.35. The molecule has 0 aliphatic heterocycles. The summed E-state index contributed by atoms with van der Waals surface area (Å²) in [6.07, 6.45) is 0. The quantitative estimate of drug-likeness (QED) is 0.204. The molecule has 0 amide bonds. The van der Waals surface area contributed by atoms with E-state index in [4.69, 9.17) is 30.2 Å². The Bertz CT molecular complexity index is 1690. The first-order chi connectivity index (χ1) is 19.4. The summed E-state index contributed by atoms with van der Waals surface area (Å²) in [5.74, 6) is -0.129. The Labute approximate surface area is 234 Å². The van der Waals surface area contributed by atoms with Crippen molar-refractivity contribution in [2.24, 2.45) is 0 Å². The second-order valence-electron chi connectivity index (χ2n) is 8.59. The molecule has 5 aromatic rings. The van der Waals surface area contributed by atoms with Crippen LogP contribution in [0.25, 0.3) is 28.4 Å². The van der Waals surface area contributed by atoms with Crippen LogP contribution in [0.4, 0.5) is 0 Å². The zero-order valence-electron chi connectivity index (χ0n) is 21.9. The average molecular weight is 558 g/mol. The minimum atomic E-state index is -0.746. The summed E-state index contributed by atoms with van der Waals surface area (Å²) in [6.45, 7) is 1.85. The predicted molar refractivity (Wildman–Crippen MR) is 148 cm³/mol. The molecule has 0 saturated carbocycles. The lowest BCUT2D eigenvalue weighted by molar-refractivity contribution is 0.0549. The number of carbonyl (C=O) groups excluding carboxylic acids is 2. The van der Waals surface area contributed by atoms with Crippen LogP contribution < -0.4 is 4.74 Å². The Morgan fingerprint density at radius 2 is 1.52 bits per heavy atom. The number of hydrogen-bond donors (Lipinski definition) is 0. The number of rotatable bonds is 8. The smallest absolute Gasteiger partial charge is 0.357 e. The first-order valence-corrected chi connectivity index (χ1v) is 12.6. The lowest BCUT2D eigenvalue weighted by Gasteiger charge is -2.10. The van der Waals surface area contributed by atoms with Crippen LogP contribution in [0.5, 0.6) is 5.75 Å². The predicted octanol–water partition coefficient (Wildman–Crippen LogP) is 6.31. The molecule has 9 nitrogen and oxygen atoms in total. The minimum absolute atomic E-state index is 0.0483. The molecule has 0 fully saturated rings. The third kappa shape index (κ3) is 5.06. The van der Waals surface area contributed by atoms with Crippen LogP contribution in [0.2, 0.25) is 5.02 Å². The largest absolute Gasteiger partial charge is 0.486 e. The monoisotopic (exact) mass is 557 g/mol. The van der Waals surface area contributed by atoms with Crippen molar-refractivity contribution in [3.63, 3.8) is 0 Å². The van der Waals surface area contributed by atoms with Crippen LogP contribution in [0, 0.1) is 6.92 Å². The van der Waals surface area contributed by atoms with Crippen molar-refractivity contribution in [2.75, 3.05) is 14.2 Å². The topological polar surface area (TPSA) is 106 Å². The molecule has 0 aliphatic rings. The van der Waals surface area contributed by atoms with Gasteiger partial charge in [-0.05, 0) is 43.3 Å². The third-order valence-electron chi connectivity index (χ3n) is 6.16. The fourth-order valence-corrected chi connectivity index (χ4v) is 4.41. The molecule has 0 atom stereocenters. The summed E-state index contributed by atoms with van der Waals surface area (Å²) >= 11 is 6.32. The Hall–Kier alpha value is -4.89. The van der Waals surface area contributed by atoms with Gasteiger partial charge in [-0.15, -0.1) is 0 Å². The standard InChI is InChI=1S/C30H24ClN3O6/c1-18-23(32-28(40-18)20-13-7-9-15-22(20)31)17-39-24-16-10-8-14-21(24)26-25(29(35)37-2)27(30(36)38-3)34(33-26)19-11-5-4-6-12-19/h4-16H,17H2,1-3H3. The number of ether oxygens (including phenoxy) is 3. The fraction of sp³-hybridized carbons (Fsp3) is 0.133. The van der Waals surface area contributed by atoms with E-state index in [-0.39, 0.29) is 23.6 Å². The van der Waals surface area contributed by atoms with Gasteiger partial charge in [-0.1, -0.05) is 54.1 Å². The molecular formula is C30H24ClN3O6. The number of methoxy groups -OCH3 is 2. The number of nitrogens with zero attached hydrogens (tertiary/aromatic N) is 3. The van der Waals surface area contributed by atoms with E-state index in [9.17, 15) is 9.59 Å². The molecule has 0 aliphatic carbocycles. The zero-order chi connectivity index (χ0) is 28.2. The van der Waals surface area contributed by atoms with Gasteiger partial charge < -0.3 is 18.6 Å². The lowest BCUT2D eigenvalue weighted by atomic mass is 10.0.